The van der Waals surface area contributed by atoms with Gasteiger partial charge in [0, 0.05) is 48.6 Å². The molecule has 1 aromatic carbocycles. The van der Waals surface area contributed by atoms with Crippen LogP contribution in [0.15, 0.2) is 48.9 Å². The maximum Gasteiger partial charge on any atom is 0.321 e. The number of hydrogen-bond acceptors (Lipinski definition) is 7. The number of urea groups is 1. The van der Waals surface area contributed by atoms with E-state index in [0.717, 1.165) is 49.3 Å². The molecule has 4 aromatic rings. The van der Waals surface area contributed by atoms with Crippen molar-refractivity contribution >= 4 is 28.6 Å². The smallest absolute Gasteiger partial charge is 0.321 e. The van der Waals surface area contributed by atoms with E-state index < -0.39 is 11.6 Å². The van der Waals surface area contributed by atoms with E-state index in [4.69, 9.17) is 9.47 Å². The highest BCUT2D eigenvalue weighted by atomic mass is 19.1. The van der Waals surface area contributed by atoms with Gasteiger partial charge in [0.2, 0.25) is 0 Å². The van der Waals surface area contributed by atoms with E-state index in [2.05, 4.69) is 30.6 Å². The molecule has 0 radical (unpaired) electrons. The fourth-order valence-electron chi connectivity index (χ4n) is 5.27. The van der Waals surface area contributed by atoms with Gasteiger partial charge in [0.25, 0.3) is 0 Å². The third-order valence-electron chi connectivity index (χ3n) is 7.54. The Morgan fingerprint density at radius 2 is 1.93 bits per heavy atom. The summed E-state index contributed by atoms with van der Waals surface area (Å²) >= 11 is 0. The lowest BCUT2D eigenvalue weighted by molar-refractivity contribution is 0.0541. The van der Waals surface area contributed by atoms with E-state index >= 15 is 0 Å². The molecule has 0 saturated heterocycles. The molecule has 3 heterocycles. The summed E-state index contributed by atoms with van der Waals surface area (Å²) in [5.41, 5.74) is 2.89. The second-order valence-electron chi connectivity index (χ2n) is 10.6. The van der Waals surface area contributed by atoms with Crippen LogP contribution in [0.2, 0.25) is 0 Å². The van der Waals surface area contributed by atoms with Gasteiger partial charge in [0.15, 0.2) is 17.5 Å². The zero-order chi connectivity index (χ0) is 30.2. The molecular formula is C31H37F2N7O3. The summed E-state index contributed by atoms with van der Waals surface area (Å²) in [4.78, 5) is 30.3. The maximum atomic E-state index is 14.8. The van der Waals surface area contributed by atoms with Crippen LogP contribution in [0.25, 0.3) is 22.4 Å². The number of rotatable bonds is 12. The molecule has 3 aromatic heterocycles. The van der Waals surface area contributed by atoms with Crippen LogP contribution in [-0.4, -0.2) is 71.5 Å². The molecule has 1 fully saturated rings. The number of amides is 2. The van der Waals surface area contributed by atoms with Crippen molar-refractivity contribution < 1.29 is 23.0 Å². The quantitative estimate of drug-likeness (QED) is 0.187. The van der Waals surface area contributed by atoms with Crippen LogP contribution in [0.3, 0.4) is 0 Å². The fraction of sp³-hybridized carbons (Fsp3) is 0.419. The lowest BCUT2D eigenvalue weighted by Gasteiger charge is -2.32. The number of anilines is 2. The fourth-order valence-corrected chi connectivity index (χ4v) is 5.27. The number of aromatic nitrogens is 4. The van der Waals surface area contributed by atoms with Crippen LogP contribution < -0.4 is 15.5 Å². The number of pyridine rings is 1. The number of aromatic amines is 1. The van der Waals surface area contributed by atoms with E-state index in [1.54, 1.807) is 18.1 Å². The van der Waals surface area contributed by atoms with Gasteiger partial charge in [0.1, 0.15) is 11.5 Å². The van der Waals surface area contributed by atoms with Gasteiger partial charge in [0.05, 0.1) is 32.2 Å². The van der Waals surface area contributed by atoms with Crippen LogP contribution >= 0.6 is 0 Å². The number of carbonyl (C=O) groups is 1. The summed E-state index contributed by atoms with van der Waals surface area (Å²) in [6.45, 7) is 4.34. The third kappa shape index (κ3) is 7.82. The summed E-state index contributed by atoms with van der Waals surface area (Å²) in [5, 5.41) is 6.85. The first-order valence-corrected chi connectivity index (χ1v) is 14.6. The summed E-state index contributed by atoms with van der Waals surface area (Å²) < 4.78 is 39.5. The van der Waals surface area contributed by atoms with Gasteiger partial charge in [-0.3, -0.25) is 4.90 Å². The van der Waals surface area contributed by atoms with Crippen molar-refractivity contribution in [3.05, 3.63) is 66.1 Å². The maximum absolute atomic E-state index is 14.8. The number of ether oxygens (including phenoxy) is 2. The number of benzene rings is 1. The molecule has 12 heteroatoms. The Labute approximate surface area is 249 Å². The highest BCUT2D eigenvalue weighted by Gasteiger charge is 2.26. The molecule has 1 saturated carbocycles. The Balaban J connectivity index is 1.17. The van der Waals surface area contributed by atoms with Crippen LogP contribution in [0, 0.1) is 11.6 Å². The highest BCUT2D eigenvalue weighted by molar-refractivity contribution is 5.92. The lowest BCUT2D eigenvalue weighted by Crippen LogP contribution is -2.47. The largest absolute Gasteiger partial charge is 0.379 e. The number of carbonyl (C=O) groups excluding carboxylic acids is 1. The molecule has 10 nitrogen and oxygen atoms in total. The highest BCUT2D eigenvalue weighted by Crippen LogP contribution is 2.28. The van der Waals surface area contributed by atoms with Crippen molar-refractivity contribution in [2.75, 3.05) is 43.7 Å². The lowest BCUT2D eigenvalue weighted by atomic mass is 9.91. The number of nitrogens with one attached hydrogen (secondary N) is 3. The molecule has 43 heavy (non-hydrogen) atoms. The molecule has 2 atom stereocenters. The predicted molar refractivity (Wildman–Crippen MR) is 161 cm³/mol. The Hall–Kier alpha value is -4.16. The standard InChI is InChI=1S/C31H37F2N7O3/c1-3-42-12-13-43-11-10-20-6-4-9-24(14-20)40(2)31(41)38-23-8-5-7-22(16-23)37-30-27(33)19-36-29(39-30)26-18-35-28-25(26)15-21(32)17-34-28/h4,6,9,14-15,17-19,22-23H,3,5,7-8,10-13,16H2,1-2H3,(H,34,35)(H,38,41)(H,36,37,39)/t22-,23+/m1/s1. The van der Waals surface area contributed by atoms with E-state index in [0.29, 0.717) is 49.4 Å². The average molecular weight is 594 g/mol. The summed E-state index contributed by atoms with van der Waals surface area (Å²) in [5.74, 6) is -0.750. The van der Waals surface area contributed by atoms with Gasteiger partial charge in [-0.05, 0) is 62.8 Å². The summed E-state index contributed by atoms with van der Waals surface area (Å²) in [6, 6.07) is 8.79. The molecule has 1 aliphatic rings. The molecule has 228 valence electrons. The van der Waals surface area contributed by atoms with E-state index in [-0.39, 0.29) is 29.8 Å². The zero-order valence-electron chi connectivity index (χ0n) is 24.4. The zero-order valence-corrected chi connectivity index (χ0v) is 24.4. The van der Waals surface area contributed by atoms with Gasteiger partial charge in [-0.1, -0.05) is 12.1 Å². The minimum atomic E-state index is -0.585. The van der Waals surface area contributed by atoms with Crippen molar-refractivity contribution in [1.29, 1.82) is 0 Å². The Bertz CT molecular complexity index is 1530. The number of fused-ring (bicyclic) bond motifs is 1. The Morgan fingerprint density at radius 1 is 1.09 bits per heavy atom. The number of hydrogen-bond donors (Lipinski definition) is 3. The SMILES string of the molecule is CCOCCOCCc1cccc(N(C)C(=O)N[C@H]2CCC[C@@H](Nc3nc(-c4c[nH]c5ncc(F)cc45)ncc3F)C2)c1. The number of H-pyrrole nitrogens is 1. The van der Waals surface area contributed by atoms with Crippen molar-refractivity contribution in [2.45, 2.75) is 51.1 Å². The van der Waals surface area contributed by atoms with Crippen molar-refractivity contribution in [3.63, 3.8) is 0 Å². The van der Waals surface area contributed by atoms with Gasteiger partial charge in [-0.2, -0.15) is 0 Å². The van der Waals surface area contributed by atoms with Gasteiger partial charge in [-0.25, -0.2) is 28.5 Å². The van der Waals surface area contributed by atoms with E-state index in [9.17, 15) is 13.6 Å². The molecule has 3 N–H and O–H groups in total. The molecule has 0 aliphatic heterocycles. The summed E-state index contributed by atoms with van der Waals surface area (Å²) in [7, 11) is 1.75. The van der Waals surface area contributed by atoms with E-state index in [1.807, 2.05) is 31.2 Å². The topological polar surface area (TPSA) is 117 Å². The first-order chi connectivity index (χ1) is 20.9. The summed E-state index contributed by atoms with van der Waals surface area (Å²) in [6.07, 6.45) is 7.69. The van der Waals surface area contributed by atoms with Gasteiger partial charge >= 0.3 is 6.03 Å². The third-order valence-corrected chi connectivity index (χ3v) is 7.54. The molecule has 0 bridgehead atoms. The van der Waals surface area contributed by atoms with Crippen LogP contribution in [0.5, 0.6) is 0 Å². The van der Waals surface area contributed by atoms with Crippen LogP contribution in [-0.2, 0) is 15.9 Å². The molecular weight excluding hydrogens is 556 g/mol. The number of halogens is 2. The molecule has 2 amide bonds. The monoisotopic (exact) mass is 593 g/mol. The Morgan fingerprint density at radius 3 is 2.79 bits per heavy atom. The van der Waals surface area contributed by atoms with E-state index in [1.165, 1.54) is 6.07 Å². The predicted octanol–water partition coefficient (Wildman–Crippen LogP) is 5.46. The van der Waals surface area contributed by atoms with Crippen molar-refractivity contribution in [3.8, 4) is 11.4 Å². The molecule has 0 unspecified atom stereocenters. The minimum Gasteiger partial charge on any atom is -0.379 e. The Kier molecular flexibility index (Phi) is 10.1. The van der Waals surface area contributed by atoms with Crippen LogP contribution in [0.1, 0.15) is 38.2 Å². The van der Waals surface area contributed by atoms with Crippen LogP contribution in [0.4, 0.5) is 25.1 Å². The van der Waals surface area contributed by atoms with Crippen molar-refractivity contribution in [1.82, 2.24) is 25.3 Å². The van der Waals surface area contributed by atoms with Crippen molar-refractivity contribution in [2.24, 2.45) is 0 Å². The number of nitrogens with zero attached hydrogens (tertiary/aromatic N) is 4. The molecule has 0 spiro atoms. The second kappa shape index (κ2) is 14.3. The normalized spacial score (nSPS) is 16.7. The molecule has 1 aliphatic carbocycles. The van der Waals surface area contributed by atoms with Gasteiger partial charge < -0.3 is 25.1 Å². The average Bonchev–Trinajstić information content (AvgIpc) is 3.43. The first-order valence-electron chi connectivity index (χ1n) is 14.6. The molecule has 5 rings (SSSR count). The minimum absolute atomic E-state index is 0.0662. The first kappa shape index (κ1) is 30.3. The second-order valence-corrected chi connectivity index (χ2v) is 10.6. The van der Waals surface area contributed by atoms with Gasteiger partial charge in [-0.15, -0.1) is 0 Å².